The number of hydrogen-bond donors (Lipinski definition) is 1. The fourth-order valence-corrected chi connectivity index (χ4v) is 2.49. The smallest absolute Gasteiger partial charge is 0.273 e. The van der Waals surface area contributed by atoms with E-state index in [0.717, 1.165) is 0 Å². The molecule has 1 amide bonds. The molecule has 0 saturated carbocycles. The molecule has 106 valence electrons. The molecule has 1 aromatic heterocycles. The van der Waals surface area contributed by atoms with Crippen molar-refractivity contribution in [2.24, 2.45) is 5.73 Å². The van der Waals surface area contributed by atoms with Crippen molar-refractivity contribution in [1.82, 2.24) is 9.88 Å². The molecule has 1 unspecified atom stereocenters. The van der Waals surface area contributed by atoms with Crippen molar-refractivity contribution in [2.75, 3.05) is 13.6 Å². The number of likely N-dealkylation sites (N-methyl/N-ethyl adjacent to an activating group) is 1. The molecule has 0 radical (unpaired) electrons. The summed E-state index contributed by atoms with van der Waals surface area (Å²) in [6.07, 6.45) is 0. The number of nitrogens with zero attached hydrogens (tertiary/aromatic N) is 2. The molecule has 0 fully saturated rings. The molecule has 20 heavy (non-hydrogen) atoms. The maximum absolute atomic E-state index is 13.7. The van der Waals surface area contributed by atoms with Crippen LogP contribution < -0.4 is 5.73 Å². The van der Waals surface area contributed by atoms with Crippen LogP contribution in [0.15, 0.2) is 29.6 Å². The van der Waals surface area contributed by atoms with Gasteiger partial charge < -0.3 is 10.6 Å². The van der Waals surface area contributed by atoms with Crippen LogP contribution in [0.3, 0.4) is 0 Å². The van der Waals surface area contributed by atoms with E-state index in [2.05, 4.69) is 4.98 Å². The predicted octanol–water partition coefficient (Wildman–Crippen LogP) is 2.37. The normalized spacial score (nSPS) is 12.2. The third-order valence-electron chi connectivity index (χ3n) is 3.15. The second-order valence-electron chi connectivity index (χ2n) is 4.52. The van der Waals surface area contributed by atoms with Gasteiger partial charge in [-0.05, 0) is 19.1 Å². The maximum atomic E-state index is 13.7. The van der Waals surface area contributed by atoms with Gasteiger partial charge in [0.25, 0.3) is 5.91 Å². The van der Waals surface area contributed by atoms with Gasteiger partial charge in [0.2, 0.25) is 0 Å². The molecule has 2 aromatic rings. The number of carbonyl (C=O) groups is 1. The van der Waals surface area contributed by atoms with E-state index >= 15 is 0 Å². The van der Waals surface area contributed by atoms with Crippen LogP contribution in [0, 0.1) is 5.82 Å². The highest BCUT2D eigenvalue weighted by atomic mass is 32.1. The van der Waals surface area contributed by atoms with E-state index in [9.17, 15) is 9.18 Å². The van der Waals surface area contributed by atoms with E-state index in [4.69, 9.17) is 5.73 Å². The second kappa shape index (κ2) is 6.11. The van der Waals surface area contributed by atoms with Gasteiger partial charge in [-0.1, -0.05) is 12.1 Å². The van der Waals surface area contributed by atoms with Crippen molar-refractivity contribution in [2.45, 2.75) is 13.0 Å². The molecule has 0 aliphatic carbocycles. The summed E-state index contributed by atoms with van der Waals surface area (Å²) in [5.41, 5.74) is 6.27. The first-order valence-electron chi connectivity index (χ1n) is 6.22. The van der Waals surface area contributed by atoms with Crippen LogP contribution in [0.2, 0.25) is 0 Å². The van der Waals surface area contributed by atoms with Crippen molar-refractivity contribution < 1.29 is 9.18 Å². The van der Waals surface area contributed by atoms with Gasteiger partial charge in [-0.15, -0.1) is 11.3 Å². The van der Waals surface area contributed by atoms with Gasteiger partial charge in [0.15, 0.2) is 0 Å². The van der Waals surface area contributed by atoms with E-state index in [1.165, 1.54) is 17.4 Å². The lowest BCUT2D eigenvalue weighted by Gasteiger charge is -2.22. The molecule has 2 rings (SSSR count). The number of nitrogens with two attached hydrogens (primary N) is 1. The summed E-state index contributed by atoms with van der Waals surface area (Å²) in [5.74, 6) is -0.550. The third kappa shape index (κ3) is 2.86. The number of benzene rings is 1. The van der Waals surface area contributed by atoms with E-state index in [1.54, 1.807) is 35.5 Å². The van der Waals surface area contributed by atoms with E-state index in [0.29, 0.717) is 22.8 Å². The Morgan fingerprint density at radius 2 is 2.20 bits per heavy atom. The van der Waals surface area contributed by atoms with Gasteiger partial charge in [0, 0.05) is 30.6 Å². The van der Waals surface area contributed by atoms with Gasteiger partial charge in [0.1, 0.15) is 16.5 Å². The van der Waals surface area contributed by atoms with Gasteiger partial charge in [-0.25, -0.2) is 9.37 Å². The van der Waals surface area contributed by atoms with Gasteiger partial charge in [0.05, 0.1) is 0 Å². The minimum atomic E-state index is -0.343. The average molecular weight is 293 g/mol. The topological polar surface area (TPSA) is 59.2 Å². The average Bonchev–Trinajstić information content (AvgIpc) is 2.94. The Hall–Kier alpha value is -1.79. The molecule has 0 saturated heterocycles. The zero-order chi connectivity index (χ0) is 14.7. The van der Waals surface area contributed by atoms with Crippen LogP contribution in [0.25, 0.3) is 10.6 Å². The molecule has 0 bridgehead atoms. The Labute approximate surface area is 121 Å². The quantitative estimate of drug-likeness (QED) is 0.941. The lowest BCUT2D eigenvalue weighted by atomic mass is 10.2. The number of carbonyl (C=O) groups excluding carboxylic acids is 1. The highest BCUT2D eigenvalue weighted by Crippen LogP contribution is 2.26. The summed E-state index contributed by atoms with van der Waals surface area (Å²) in [6, 6.07) is 6.32. The molecule has 2 N–H and O–H groups in total. The molecule has 1 heterocycles. The first-order valence-corrected chi connectivity index (χ1v) is 7.10. The standard InChI is InChI=1S/C14H16FN3OS/c1-9(7-16)18(2)14(19)12-8-20-13(17-12)10-5-3-4-6-11(10)15/h3-6,8-9H,7,16H2,1-2H3. The Balaban J connectivity index is 2.26. The van der Waals surface area contributed by atoms with Gasteiger partial charge >= 0.3 is 0 Å². The Morgan fingerprint density at radius 1 is 1.50 bits per heavy atom. The molecule has 0 spiro atoms. The fraction of sp³-hybridized carbons (Fsp3) is 0.286. The van der Waals surface area contributed by atoms with Crippen molar-refractivity contribution in [3.8, 4) is 10.6 Å². The van der Waals surface area contributed by atoms with Gasteiger partial charge in [-0.2, -0.15) is 0 Å². The zero-order valence-electron chi connectivity index (χ0n) is 11.3. The number of aromatic nitrogens is 1. The van der Waals surface area contributed by atoms with Crippen LogP contribution in [-0.4, -0.2) is 35.4 Å². The summed E-state index contributed by atoms with van der Waals surface area (Å²) >= 11 is 1.25. The lowest BCUT2D eigenvalue weighted by molar-refractivity contribution is 0.0743. The monoisotopic (exact) mass is 293 g/mol. The molecule has 1 atom stereocenters. The highest BCUT2D eigenvalue weighted by molar-refractivity contribution is 7.13. The number of hydrogen-bond acceptors (Lipinski definition) is 4. The minimum Gasteiger partial charge on any atom is -0.336 e. The number of thiazole rings is 1. The van der Waals surface area contributed by atoms with Crippen LogP contribution in [0.1, 0.15) is 17.4 Å². The minimum absolute atomic E-state index is 0.0684. The summed E-state index contributed by atoms with van der Waals surface area (Å²) < 4.78 is 13.7. The summed E-state index contributed by atoms with van der Waals surface area (Å²) in [4.78, 5) is 18.0. The van der Waals surface area contributed by atoms with Crippen molar-refractivity contribution in [1.29, 1.82) is 0 Å². The highest BCUT2D eigenvalue weighted by Gasteiger charge is 2.20. The Morgan fingerprint density at radius 3 is 2.85 bits per heavy atom. The summed E-state index contributed by atoms with van der Waals surface area (Å²) in [7, 11) is 1.68. The molecule has 4 nitrogen and oxygen atoms in total. The lowest BCUT2D eigenvalue weighted by Crippen LogP contribution is -2.39. The Bertz CT molecular complexity index is 614. The molecule has 1 aromatic carbocycles. The molecular formula is C14H16FN3OS. The summed E-state index contributed by atoms with van der Waals surface area (Å²) in [6.45, 7) is 2.24. The van der Waals surface area contributed by atoms with Crippen LogP contribution in [0.5, 0.6) is 0 Å². The van der Waals surface area contributed by atoms with Crippen molar-refractivity contribution in [3.63, 3.8) is 0 Å². The number of rotatable bonds is 4. The van der Waals surface area contributed by atoms with Gasteiger partial charge in [-0.3, -0.25) is 4.79 Å². The maximum Gasteiger partial charge on any atom is 0.273 e. The van der Waals surface area contributed by atoms with Crippen molar-refractivity contribution in [3.05, 3.63) is 41.2 Å². The second-order valence-corrected chi connectivity index (χ2v) is 5.38. The molecular weight excluding hydrogens is 277 g/mol. The van der Waals surface area contributed by atoms with Crippen LogP contribution >= 0.6 is 11.3 Å². The van der Waals surface area contributed by atoms with Crippen LogP contribution in [-0.2, 0) is 0 Å². The third-order valence-corrected chi connectivity index (χ3v) is 4.03. The first-order chi connectivity index (χ1) is 9.54. The fourth-order valence-electron chi connectivity index (χ4n) is 1.67. The molecule has 0 aliphatic rings. The molecule has 6 heteroatoms. The first kappa shape index (κ1) is 14.6. The van der Waals surface area contributed by atoms with Crippen molar-refractivity contribution >= 4 is 17.2 Å². The Kier molecular flexibility index (Phi) is 4.46. The largest absolute Gasteiger partial charge is 0.336 e. The van der Waals surface area contributed by atoms with E-state index in [1.807, 2.05) is 6.92 Å². The number of amides is 1. The SMILES string of the molecule is CC(CN)N(C)C(=O)c1csc(-c2ccccc2F)n1. The van der Waals surface area contributed by atoms with Crippen LogP contribution in [0.4, 0.5) is 4.39 Å². The van der Waals surface area contributed by atoms with E-state index < -0.39 is 0 Å². The predicted molar refractivity (Wildman–Crippen MR) is 78.1 cm³/mol. The molecule has 0 aliphatic heterocycles. The van der Waals surface area contributed by atoms with E-state index in [-0.39, 0.29) is 17.8 Å². The summed E-state index contributed by atoms with van der Waals surface area (Å²) in [5, 5.41) is 2.14. The zero-order valence-corrected chi connectivity index (χ0v) is 12.2. The number of halogens is 1.